The molecule has 0 saturated carbocycles. The number of carboxylic acids is 1. The van der Waals surface area contributed by atoms with Crippen LogP contribution in [0.1, 0.15) is 69.1 Å². The number of aliphatic hydroxyl groups excluding tert-OH is 2. The molecule has 0 bridgehead atoms. The molecule has 0 amide bonds. The van der Waals surface area contributed by atoms with Crippen LogP contribution in [0, 0.1) is 0 Å². The van der Waals surface area contributed by atoms with E-state index in [4.69, 9.17) is 5.11 Å². The van der Waals surface area contributed by atoms with Crippen molar-refractivity contribution in [2.45, 2.75) is 70.5 Å². The van der Waals surface area contributed by atoms with Gasteiger partial charge in [-0.2, -0.15) is 0 Å². The summed E-state index contributed by atoms with van der Waals surface area (Å²) in [5.74, 6) is -0.998. The molecule has 0 spiro atoms. The second-order valence-electron chi connectivity index (χ2n) is 6.63. The average molecular weight is 360 g/mol. The summed E-state index contributed by atoms with van der Waals surface area (Å²) in [6, 6.07) is 7.82. The zero-order chi connectivity index (χ0) is 19.2. The van der Waals surface area contributed by atoms with Gasteiger partial charge < -0.3 is 15.3 Å². The Balaban J connectivity index is 2.34. The average Bonchev–Trinajstić information content (AvgIpc) is 2.63. The fraction of sp³-hybridized carbons (Fsp3) is 0.500. The predicted molar refractivity (Wildman–Crippen MR) is 105 cm³/mol. The lowest BCUT2D eigenvalue weighted by atomic mass is 10.0. The minimum atomic E-state index is -0.998. The third-order valence-corrected chi connectivity index (χ3v) is 4.30. The topological polar surface area (TPSA) is 77.8 Å². The number of allylic oxidation sites excluding steroid dienone is 1. The van der Waals surface area contributed by atoms with Crippen molar-refractivity contribution in [1.29, 1.82) is 0 Å². The summed E-state index contributed by atoms with van der Waals surface area (Å²) in [4.78, 5) is 10.4. The molecule has 0 radical (unpaired) electrons. The van der Waals surface area contributed by atoms with Crippen LogP contribution in [0.5, 0.6) is 0 Å². The van der Waals surface area contributed by atoms with E-state index in [0.29, 0.717) is 19.3 Å². The summed E-state index contributed by atoms with van der Waals surface area (Å²) in [5.41, 5.74) is 1.99. The van der Waals surface area contributed by atoms with E-state index in [9.17, 15) is 15.0 Å². The molecule has 2 atom stereocenters. The van der Waals surface area contributed by atoms with Crippen molar-refractivity contribution in [2.75, 3.05) is 0 Å². The van der Waals surface area contributed by atoms with E-state index in [1.165, 1.54) is 25.3 Å². The first-order chi connectivity index (χ1) is 12.5. The number of aliphatic hydroxyl groups is 2. The maximum absolute atomic E-state index is 10.4. The van der Waals surface area contributed by atoms with Crippen molar-refractivity contribution in [3.63, 3.8) is 0 Å². The molecular formula is C22H32O4. The molecule has 0 aliphatic rings. The molecule has 1 rings (SSSR count). The van der Waals surface area contributed by atoms with Crippen LogP contribution in [0.3, 0.4) is 0 Å². The van der Waals surface area contributed by atoms with Crippen molar-refractivity contribution < 1.29 is 20.1 Å². The van der Waals surface area contributed by atoms with Crippen molar-refractivity contribution in [3.8, 4) is 0 Å². The van der Waals surface area contributed by atoms with Gasteiger partial charge in [-0.3, -0.25) is 0 Å². The Labute approximate surface area is 156 Å². The highest BCUT2D eigenvalue weighted by Crippen LogP contribution is 2.19. The molecular weight excluding hydrogens is 328 g/mol. The molecule has 144 valence electrons. The van der Waals surface area contributed by atoms with Crippen LogP contribution in [-0.4, -0.2) is 27.4 Å². The standard InChI is InChI=1S/C22H32O4/c1-2-3-4-5-6-7-10-21(24)19-15-12-18(13-16-19)14-17-20(23)9-8-11-22(25)26/h6-8,11-13,15-16,20-21,23-24H,2-5,9-10,14,17H2,1H3,(H,25,26)/b7-6-,11-8?/t20-,21?/m1/s1. The van der Waals surface area contributed by atoms with E-state index in [1.54, 1.807) is 0 Å². The molecule has 4 nitrogen and oxygen atoms in total. The summed E-state index contributed by atoms with van der Waals surface area (Å²) < 4.78 is 0. The highest BCUT2D eigenvalue weighted by molar-refractivity contribution is 5.79. The van der Waals surface area contributed by atoms with Gasteiger partial charge in [-0.1, -0.05) is 62.3 Å². The van der Waals surface area contributed by atoms with Crippen molar-refractivity contribution in [2.24, 2.45) is 0 Å². The van der Waals surface area contributed by atoms with Crippen LogP contribution in [0.15, 0.2) is 48.6 Å². The third-order valence-electron chi connectivity index (χ3n) is 4.30. The smallest absolute Gasteiger partial charge is 0.327 e. The monoisotopic (exact) mass is 360 g/mol. The number of rotatable bonds is 13. The molecule has 0 aliphatic carbocycles. The molecule has 0 fully saturated rings. The molecule has 1 aromatic rings. The number of carboxylic acid groups (broad SMARTS) is 1. The molecule has 0 heterocycles. The first-order valence-corrected chi connectivity index (χ1v) is 9.52. The van der Waals surface area contributed by atoms with E-state index >= 15 is 0 Å². The fourth-order valence-corrected chi connectivity index (χ4v) is 2.67. The van der Waals surface area contributed by atoms with Gasteiger partial charge in [0.2, 0.25) is 0 Å². The number of benzene rings is 1. The summed E-state index contributed by atoms with van der Waals surface area (Å²) >= 11 is 0. The van der Waals surface area contributed by atoms with E-state index in [2.05, 4.69) is 19.1 Å². The minimum absolute atomic E-state index is 0.341. The lowest BCUT2D eigenvalue weighted by Gasteiger charge is -2.11. The van der Waals surface area contributed by atoms with Gasteiger partial charge in [0, 0.05) is 6.08 Å². The number of unbranched alkanes of at least 4 members (excludes halogenated alkanes) is 3. The van der Waals surface area contributed by atoms with Crippen molar-refractivity contribution in [1.82, 2.24) is 0 Å². The summed E-state index contributed by atoms with van der Waals surface area (Å²) in [6.45, 7) is 2.19. The highest BCUT2D eigenvalue weighted by atomic mass is 16.4. The third kappa shape index (κ3) is 10.2. The zero-order valence-corrected chi connectivity index (χ0v) is 15.7. The normalized spacial score (nSPS) is 14.1. The van der Waals surface area contributed by atoms with Crippen molar-refractivity contribution >= 4 is 5.97 Å². The molecule has 1 aromatic carbocycles. The quantitative estimate of drug-likeness (QED) is 0.273. The lowest BCUT2D eigenvalue weighted by Crippen LogP contribution is -2.07. The van der Waals surface area contributed by atoms with Crippen molar-refractivity contribution in [3.05, 3.63) is 59.7 Å². The fourth-order valence-electron chi connectivity index (χ4n) is 2.67. The Hall–Kier alpha value is -1.91. The molecule has 1 unspecified atom stereocenters. The maximum Gasteiger partial charge on any atom is 0.327 e. The predicted octanol–water partition coefficient (Wildman–Crippen LogP) is 4.57. The van der Waals surface area contributed by atoms with Gasteiger partial charge in [0.05, 0.1) is 12.2 Å². The Morgan fingerprint density at radius 1 is 1.04 bits per heavy atom. The number of aryl methyl sites for hydroxylation is 1. The largest absolute Gasteiger partial charge is 0.478 e. The Morgan fingerprint density at radius 2 is 1.77 bits per heavy atom. The maximum atomic E-state index is 10.4. The van der Waals surface area contributed by atoms with Crippen LogP contribution >= 0.6 is 0 Å². The first kappa shape index (κ1) is 22.1. The second-order valence-corrected chi connectivity index (χ2v) is 6.63. The molecule has 3 N–H and O–H groups in total. The van der Waals surface area contributed by atoms with E-state index in [-0.39, 0.29) is 0 Å². The van der Waals surface area contributed by atoms with Gasteiger partial charge in [-0.15, -0.1) is 0 Å². The lowest BCUT2D eigenvalue weighted by molar-refractivity contribution is -0.131. The highest BCUT2D eigenvalue weighted by Gasteiger charge is 2.07. The van der Waals surface area contributed by atoms with Gasteiger partial charge >= 0.3 is 5.97 Å². The Kier molecular flexibility index (Phi) is 11.3. The molecule has 0 aromatic heterocycles. The minimum Gasteiger partial charge on any atom is -0.478 e. The van der Waals surface area contributed by atoms with Gasteiger partial charge in [0.15, 0.2) is 0 Å². The van der Waals surface area contributed by atoms with Gasteiger partial charge in [0.25, 0.3) is 0 Å². The second kappa shape index (κ2) is 13.3. The molecule has 26 heavy (non-hydrogen) atoms. The van der Waals surface area contributed by atoms with Crippen LogP contribution in [0.4, 0.5) is 0 Å². The van der Waals surface area contributed by atoms with Crippen LogP contribution < -0.4 is 0 Å². The summed E-state index contributed by atoms with van der Waals surface area (Å²) in [5, 5.41) is 28.6. The van der Waals surface area contributed by atoms with Gasteiger partial charge in [-0.25, -0.2) is 4.79 Å². The van der Waals surface area contributed by atoms with E-state index < -0.39 is 18.2 Å². The summed E-state index contributed by atoms with van der Waals surface area (Å²) in [6.07, 6.45) is 12.7. The Morgan fingerprint density at radius 3 is 2.42 bits per heavy atom. The molecule has 4 heteroatoms. The zero-order valence-electron chi connectivity index (χ0n) is 15.7. The SMILES string of the molecule is CCCCC/C=C\CC(O)c1ccc(CC[C@H](O)CC=CC(=O)O)cc1. The molecule has 0 aliphatic heterocycles. The van der Waals surface area contributed by atoms with Crippen LogP contribution in [-0.2, 0) is 11.2 Å². The number of aliphatic carboxylic acids is 1. The van der Waals surface area contributed by atoms with Crippen LogP contribution in [0.25, 0.3) is 0 Å². The van der Waals surface area contributed by atoms with E-state index in [0.717, 1.165) is 30.0 Å². The van der Waals surface area contributed by atoms with Gasteiger partial charge in [0.1, 0.15) is 0 Å². The first-order valence-electron chi connectivity index (χ1n) is 9.52. The van der Waals surface area contributed by atoms with Crippen LogP contribution in [0.2, 0.25) is 0 Å². The molecule has 0 saturated heterocycles. The van der Waals surface area contributed by atoms with E-state index in [1.807, 2.05) is 24.3 Å². The summed E-state index contributed by atoms with van der Waals surface area (Å²) in [7, 11) is 0. The number of hydrogen-bond donors (Lipinski definition) is 3. The Bertz CT molecular complexity index is 560. The number of hydrogen-bond acceptors (Lipinski definition) is 3. The number of carbonyl (C=O) groups is 1. The van der Waals surface area contributed by atoms with Gasteiger partial charge in [-0.05, 0) is 49.7 Å².